The van der Waals surface area contributed by atoms with Crippen molar-refractivity contribution < 1.29 is 15.0 Å². The molecule has 0 bridgehead atoms. The number of pyridine rings is 1. The smallest absolute Gasteiger partial charge is 0.179 e. The number of aliphatic hydroxyl groups is 2. The summed E-state index contributed by atoms with van der Waals surface area (Å²) in [5.41, 5.74) is 6.04. The lowest BCUT2D eigenvalue weighted by molar-refractivity contribution is -0.105. The van der Waals surface area contributed by atoms with Crippen LogP contribution in [0.5, 0.6) is 0 Å². The molecule has 7 nitrogen and oxygen atoms in total. The van der Waals surface area contributed by atoms with Gasteiger partial charge in [-0.1, -0.05) is 71.9 Å². The van der Waals surface area contributed by atoms with Crippen LogP contribution < -0.4 is 0 Å². The normalized spacial score (nSPS) is 15.8. The van der Waals surface area contributed by atoms with Crippen LogP contribution in [0.25, 0.3) is 33.5 Å². The van der Waals surface area contributed by atoms with Gasteiger partial charge in [-0.15, -0.1) is 0 Å². The van der Waals surface area contributed by atoms with E-state index < -0.39 is 0 Å². The standard InChI is InChI=1S/C28H29ClN4O3S/c29-23-15-24-26(32-27(30-24)37-14-13-34)31-25(23)22-7-5-21(6-8-22)20-3-1-19(2-4-20)16-33-11-9-28(17-35,18-36)10-12-33/h1-8,13,15,35-36H,9-12,14,16-18H2,(H,30,31,32). The third-order valence-electron chi connectivity index (χ3n) is 7.13. The molecule has 37 heavy (non-hydrogen) atoms. The number of imidazole rings is 1. The first-order valence-corrected chi connectivity index (χ1v) is 13.7. The maximum absolute atomic E-state index is 10.6. The molecule has 3 heterocycles. The highest BCUT2D eigenvalue weighted by atomic mass is 35.5. The SMILES string of the molecule is O=CCSc1nc2nc(-c3ccc(-c4ccc(CN5CCC(CO)(CO)CC5)cc4)cc3)c(Cl)cc2[nH]1. The number of aromatic nitrogens is 3. The van der Waals surface area contributed by atoms with Gasteiger partial charge in [0.2, 0.25) is 0 Å². The van der Waals surface area contributed by atoms with Crippen LogP contribution in [-0.2, 0) is 11.3 Å². The molecule has 3 N–H and O–H groups in total. The average Bonchev–Trinajstić information content (AvgIpc) is 3.34. The molecule has 1 aliphatic rings. The van der Waals surface area contributed by atoms with Crippen molar-refractivity contribution in [1.82, 2.24) is 19.9 Å². The highest BCUT2D eigenvalue weighted by Gasteiger charge is 2.33. The number of halogens is 1. The number of nitrogens with zero attached hydrogens (tertiary/aromatic N) is 3. The molecule has 1 aliphatic heterocycles. The van der Waals surface area contributed by atoms with E-state index in [2.05, 4.69) is 56.3 Å². The summed E-state index contributed by atoms with van der Waals surface area (Å²) in [5.74, 6) is 0.330. The molecular weight excluding hydrogens is 508 g/mol. The number of aldehydes is 1. The summed E-state index contributed by atoms with van der Waals surface area (Å²) in [7, 11) is 0. The number of piperidine rings is 1. The quantitative estimate of drug-likeness (QED) is 0.208. The number of thioether (sulfide) groups is 1. The minimum Gasteiger partial charge on any atom is -0.396 e. The highest BCUT2D eigenvalue weighted by Crippen LogP contribution is 2.33. The van der Waals surface area contributed by atoms with Crippen molar-refractivity contribution >= 4 is 40.8 Å². The fourth-order valence-corrected chi connectivity index (χ4v) is 5.53. The number of likely N-dealkylation sites (tertiary alicyclic amines) is 1. The molecule has 0 amide bonds. The van der Waals surface area contributed by atoms with Crippen LogP contribution in [-0.4, -0.2) is 68.4 Å². The van der Waals surface area contributed by atoms with Crippen LogP contribution in [0.2, 0.25) is 5.02 Å². The highest BCUT2D eigenvalue weighted by molar-refractivity contribution is 7.99. The van der Waals surface area contributed by atoms with Gasteiger partial charge in [0.05, 0.1) is 35.2 Å². The number of hydrogen-bond acceptors (Lipinski definition) is 7. The van der Waals surface area contributed by atoms with Crippen LogP contribution in [0.15, 0.2) is 59.8 Å². The molecule has 2 aromatic carbocycles. The van der Waals surface area contributed by atoms with E-state index in [1.54, 1.807) is 0 Å². The van der Waals surface area contributed by atoms with Crippen LogP contribution in [0.4, 0.5) is 0 Å². The second-order valence-electron chi connectivity index (χ2n) is 9.58. The van der Waals surface area contributed by atoms with E-state index >= 15 is 0 Å². The molecule has 0 radical (unpaired) electrons. The Morgan fingerprint density at radius 2 is 1.59 bits per heavy atom. The number of benzene rings is 2. The molecule has 0 saturated carbocycles. The lowest BCUT2D eigenvalue weighted by atomic mass is 9.80. The minimum atomic E-state index is -0.324. The summed E-state index contributed by atoms with van der Waals surface area (Å²) >= 11 is 7.86. The zero-order valence-corrected chi connectivity index (χ0v) is 21.9. The molecule has 1 fully saturated rings. The van der Waals surface area contributed by atoms with Gasteiger partial charge in [0, 0.05) is 17.5 Å². The lowest BCUT2D eigenvalue weighted by Crippen LogP contribution is -2.43. The van der Waals surface area contributed by atoms with Crippen molar-refractivity contribution in [1.29, 1.82) is 0 Å². The number of hydrogen-bond donors (Lipinski definition) is 3. The molecular formula is C28H29ClN4O3S. The first kappa shape index (κ1) is 25.9. The number of fused-ring (bicyclic) bond motifs is 1. The topological polar surface area (TPSA) is 102 Å². The van der Waals surface area contributed by atoms with Crippen molar-refractivity contribution in [2.24, 2.45) is 5.41 Å². The first-order valence-electron chi connectivity index (χ1n) is 12.3. The zero-order valence-electron chi connectivity index (χ0n) is 20.4. The maximum Gasteiger partial charge on any atom is 0.179 e. The van der Waals surface area contributed by atoms with Crippen LogP contribution in [0, 0.1) is 5.41 Å². The third-order valence-corrected chi connectivity index (χ3v) is 8.19. The van der Waals surface area contributed by atoms with Crippen molar-refractivity contribution in [3.8, 4) is 22.4 Å². The monoisotopic (exact) mass is 536 g/mol. The number of aliphatic hydroxyl groups excluding tert-OH is 2. The second kappa shape index (κ2) is 11.3. The Hall–Kier alpha value is -2.75. The van der Waals surface area contributed by atoms with E-state index in [4.69, 9.17) is 11.6 Å². The Bertz CT molecular complexity index is 1360. The second-order valence-corrected chi connectivity index (χ2v) is 11.0. The summed E-state index contributed by atoms with van der Waals surface area (Å²) < 4.78 is 0. The summed E-state index contributed by atoms with van der Waals surface area (Å²) in [4.78, 5) is 25.3. The van der Waals surface area contributed by atoms with Gasteiger partial charge >= 0.3 is 0 Å². The zero-order chi connectivity index (χ0) is 25.8. The van der Waals surface area contributed by atoms with Gasteiger partial charge in [-0.25, -0.2) is 9.97 Å². The molecule has 0 aliphatic carbocycles. The molecule has 4 aromatic rings. The number of nitrogens with one attached hydrogen (secondary N) is 1. The summed E-state index contributed by atoms with van der Waals surface area (Å²) in [6.07, 6.45) is 2.47. The molecule has 2 aromatic heterocycles. The van der Waals surface area contributed by atoms with Crippen LogP contribution >= 0.6 is 23.4 Å². The van der Waals surface area contributed by atoms with E-state index in [1.807, 2.05) is 18.2 Å². The number of aromatic amines is 1. The Morgan fingerprint density at radius 1 is 0.973 bits per heavy atom. The van der Waals surface area contributed by atoms with Crippen LogP contribution in [0.3, 0.4) is 0 Å². The number of carbonyl (C=O) groups is 1. The van der Waals surface area contributed by atoms with Crippen molar-refractivity contribution in [3.63, 3.8) is 0 Å². The van der Waals surface area contributed by atoms with Gasteiger partial charge in [0.15, 0.2) is 10.8 Å². The van der Waals surface area contributed by atoms with E-state index in [-0.39, 0.29) is 18.6 Å². The summed E-state index contributed by atoms with van der Waals surface area (Å²) in [5, 5.41) is 20.4. The average molecular weight is 537 g/mol. The van der Waals surface area contributed by atoms with E-state index in [9.17, 15) is 15.0 Å². The van der Waals surface area contributed by atoms with E-state index in [1.165, 1.54) is 17.3 Å². The molecule has 0 unspecified atom stereocenters. The Kier molecular flexibility index (Phi) is 7.92. The number of carbonyl (C=O) groups excluding carboxylic acids is 1. The largest absolute Gasteiger partial charge is 0.396 e. The van der Waals surface area contributed by atoms with Crippen molar-refractivity contribution in [2.45, 2.75) is 24.5 Å². The van der Waals surface area contributed by atoms with E-state index in [0.717, 1.165) is 61.0 Å². The fourth-order valence-electron chi connectivity index (χ4n) is 4.71. The number of H-pyrrole nitrogens is 1. The van der Waals surface area contributed by atoms with Gasteiger partial charge in [-0.2, -0.15) is 0 Å². The van der Waals surface area contributed by atoms with Gasteiger partial charge in [0.25, 0.3) is 0 Å². The first-order chi connectivity index (χ1) is 18.0. The molecule has 1 saturated heterocycles. The molecule has 192 valence electrons. The van der Waals surface area contributed by atoms with Gasteiger partial charge in [-0.05, 0) is 48.7 Å². The van der Waals surface area contributed by atoms with Crippen LogP contribution in [0.1, 0.15) is 18.4 Å². The fraction of sp³-hybridized carbons (Fsp3) is 0.321. The third kappa shape index (κ3) is 5.73. The summed E-state index contributed by atoms with van der Waals surface area (Å²) in [6.45, 7) is 2.72. The Balaban J connectivity index is 1.26. The molecule has 5 rings (SSSR count). The maximum atomic E-state index is 10.6. The molecule has 0 spiro atoms. The van der Waals surface area contributed by atoms with Gasteiger partial charge in [-0.3, -0.25) is 4.90 Å². The molecule has 0 atom stereocenters. The molecule has 9 heteroatoms. The van der Waals surface area contributed by atoms with Gasteiger partial charge < -0.3 is 20.0 Å². The predicted molar refractivity (Wildman–Crippen MR) is 148 cm³/mol. The lowest BCUT2D eigenvalue weighted by Gasteiger charge is -2.39. The van der Waals surface area contributed by atoms with Gasteiger partial charge in [0.1, 0.15) is 6.29 Å². The Labute approximate surface area is 224 Å². The Morgan fingerprint density at radius 3 is 2.22 bits per heavy atom. The van der Waals surface area contributed by atoms with Crippen molar-refractivity contribution in [2.75, 3.05) is 32.1 Å². The number of rotatable bonds is 9. The predicted octanol–water partition coefficient (Wildman–Crippen LogP) is 4.80. The van der Waals surface area contributed by atoms with E-state index in [0.29, 0.717) is 27.3 Å². The minimum absolute atomic E-state index is 0.0489. The van der Waals surface area contributed by atoms with Crippen molar-refractivity contribution in [3.05, 3.63) is 65.2 Å². The summed E-state index contributed by atoms with van der Waals surface area (Å²) in [6, 6.07) is 18.6.